The van der Waals surface area contributed by atoms with Gasteiger partial charge in [-0.2, -0.15) is 0 Å². The lowest BCUT2D eigenvalue weighted by molar-refractivity contribution is 0.115. The lowest BCUT2D eigenvalue weighted by atomic mass is 9.80. The number of hydrogen-bond donors (Lipinski definition) is 1. The van der Waals surface area contributed by atoms with Crippen molar-refractivity contribution in [1.82, 2.24) is 9.80 Å². The first kappa shape index (κ1) is 11.3. The molecule has 2 aliphatic carbocycles. The molecule has 0 saturated heterocycles. The molecule has 1 aliphatic heterocycles. The molecule has 17 heavy (non-hydrogen) atoms. The standard InChI is InChI=1S/C13H24N4/c1-16(2)5-6-17-12(14)15-9-13(17)8-10-3-4-11(13)7-10/h10-11H,3-9H2,1-2H3,(H2,14,15). The van der Waals surface area contributed by atoms with Crippen LogP contribution in [-0.4, -0.2) is 55.0 Å². The maximum atomic E-state index is 6.11. The van der Waals surface area contributed by atoms with E-state index >= 15 is 0 Å². The number of guanidine groups is 1. The van der Waals surface area contributed by atoms with Crippen LogP contribution in [0.3, 0.4) is 0 Å². The van der Waals surface area contributed by atoms with Gasteiger partial charge in [0, 0.05) is 13.1 Å². The summed E-state index contributed by atoms with van der Waals surface area (Å²) >= 11 is 0. The Hall–Kier alpha value is -0.770. The molecule has 2 fully saturated rings. The summed E-state index contributed by atoms with van der Waals surface area (Å²) in [5.41, 5.74) is 6.42. The maximum absolute atomic E-state index is 6.11. The van der Waals surface area contributed by atoms with Crippen molar-refractivity contribution >= 4 is 5.96 Å². The van der Waals surface area contributed by atoms with Gasteiger partial charge in [0.2, 0.25) is 0 Å². The molecular weight excluding hydrogens is 212 g/mol. The number of likely N-dealkylation sites (N-methyl/N-ethyl adjacent to an activating group) is 1. The third kappa shape index (κ3) is 1.65. The molecule has 0 aromatic carbocycles. The van der Waals surface area contributed by atoms with E-state index in [0.29, 0.717) is 5.54 Å². The Labute approximate surface area is 104 Å². The van der Waals surface area contributed by atoms with Gasteiger partial charge in [-0.15, -0.1) is 0 Å². The summed E-state index contributed by atoms with van der Waals surface area (Å²) in [4.78, 5) is 9.21. The predicted molar refractivity (Wildman–Crippen MR) is 69.9 cm³/mol. The molecule has 96 valence electrons. The first-order valence-corrected chi connectivity index (χ1v) is 6.84. The molecule has 1 heterocycles. The number of aliphatic imine (C=N–C) groups is 1. The minimum absolute atomic E-state index is 0.309. The highest BCUT2D eigenvalue weighted by atomic mass is 15.4. The first-order valence-electron chi connectivity index (χ1n) is 6.84. The molecule has 2 saturated carbocycles. The number of nitrogens with zero attached hydrogens (tertiary/aromatic N) is 3. The molecular formula is C13H24N4. The van der Waals surface area contributed by atoms with Crippen molar-refractivity contribution in [3.05, 3.63) is 0 Å². The molecule has 2 bridgehead atoms. The fourth-order valence-electron chi connectivity index (χ4n) is 4.19. The lowest BCUT2D eigenvalue weighted by Crippen LogP contribution is -2.56. The van der Waals surface area contributed by atoms with Gasteiger partial charge in [0.05, 0.1) is 12.1 Å². The summed E-state index contributed by atoms with van der Waals surface area (Å²) < 4.78 is 0. The van der Waals surface area contributed by atoms with Crippen LogP contribution in [0.25, 0.3) is 0 Å². The van der Waals surface area contributed by atoms with Crippen molar-refractivity contribution in [2.45, 2.75) is 31.2 Å². The van der Waals surface area contributed by atoms with Gasteiger partial charge < -0.3 is 15.5 Å². The SMILES string of the molecule is CN(C)CCN1C(N)=NCC12CC1CCC2C1. The highest BCUT2D eigenvalue weighted by Gasteiger charge is 2.56. The number of rotatable bonds is 3. The van der Waals surface area contributed by atoms with E-state index in [0.717, 1.165) is 37.4 Å². The average Bonchev–Trinajstić information content (AvgIpc) is 2.93. The topological polar surface area (TPSA) is 44.9 Å². The van der Waals surface area contributed by atoms with Gasteiger partial charge in [0.25, 0.3) is 0 Å². The maximum Gasteiger partial charge on any atom is 0.191 e. The van der Waals surface area contributed by atoms with E-state index in [2.05, 4.69) is 28.9 Å². The van der Waals surface area contributed by atoms with E-state index in [-0.39, 0.29) is 0 Å². The third-order valence-corrected chi connectivity index (χ3v) is 5.04. The van der Waals surface area contributed by atoms with E-state index in [1.165, 1.54) is 25.7 Å². The second-order valence-corrected chi connectivity index (χ2v) is 6.31. The normalized spacial score (nSPS) is 39.7. The second-order valence-electron chi connectivity index (χ2n) is 6.31. The van der Waals surface area contributed by atoms with E-state index in [1.807, 2.05) is 0 Å². The zero-order valence-corrected chi connectivity index (χ0v) is 11.0. The molecule has 0 radical (unpaired) electrons. The summed E-state index contributed by atoms with van der Waals surface area (Å²) in [6.07, 6.45) is 5.58. The molecule has 2 N–H and O–H groups in total. The molecule has 4 nitrogen and oxygen atoms in total. The van der Waals surface area contributed by atoms with E-state index < -0.39 is 0 Å². The van der Waals surface area contributed by atoms with Crippen LogP contribution in [0.1, 0.15) is 25.7 Å². The van der Waals surface area contributed by atoms with Crippen molar-refractivity contribution in [3.8, 4) is 0 Å². The lowest BCUT2D eigenvalue weighted by Gasteiger charge is -2.43. The van der Waals surface area contributed by atoms with Gasteiger partial charge in [-0.25, -0.2) is 0 Å². The van der Waals surface area contributed by atoms with Crippen LogP contribution >= 0.6 is 0 Å². The largest absolute Gasteiger partial charge is 0.370 e. The molecule has 4 heteroatoms. The van der Waals surface area contributed by atoms with E-state index in [4.69, 9.17) is 5.73 Å². The van der Waals surface area contributed by atoms with Crippen LogP contribution in [-0.2, 0) is 0 Å². The Kier molecular flexibility index (Phi) is 2.58. The molecule has 3 aliphatic rings. The Morgan fingerprint density at radius 1 is 1.47 bits per heavy atom. The second kappa shape index (κ2) is 3.87. The van der Waals surface area contributed by atoms with Gasteiger partial charge in [0.15, 0.2) is 5.96 Å². The van der Waals surface area contributed by atoms with Gasteiger partial charge in [-0.1, -0.05) is 0 Å². The Morgan fingerprint density at radius 3 is 2.88 bits per heavy atom. The van der Waals surface area contributed by atoms with Gasteiger partial charge >= 0.3 is 0 Å². The van der Waals surface area contributed by atoms with Crippen LogP contribution in [0, 0.1) is 11.8 Å². The van der Waals surface area contributed by atoms with E-state index in [9.17, 15) is 0 Å². The highest BCUT2D eigenvalue weighted by Crippen LogP contribution is 2.54. The monoisotopic (exact) mass is 236 g/mol. The number of nitrogens with two attached hydrogens (primary N) is 1. The first-order chi connectivity index (χ1) is 8.12. The van der Waals surface area contributed by atoms with Gasteiger partial charge in [-0.05, 0) is 51.6 Å². The van der Waals surface area contributed by atoms with Crippen LogP contribution in [0.15, 0.2) is 4.99 Å². The van der Waals surface area contributed by atoms with Crippen molar-refractivity contribution in [1.29, 1.82) is 0 Å². The fraction of sp³-hybridized carbons (Fsp3) is 0.923. The summed E-state index contributed by atoms with van der Waals surface area (Å²) in [5, 5.41) is 0. The molecule has 3 rings (SSSR count). The quantitative estimate of drug-likeness (QED) is 0.786. The van der Waals surface area contributed by atoms with Gasteiger partial charge in [0.1, 0.15) is 0 Å². The zero-order chi connectivity index (χ0) is 12.0. The molecule has 0 aromatic rings. The predicted octanol–water partition coefficient (Wildman–Crippen LogP) is 0.737. The molecule has 0 aromatic heterocycles. The fourth-order valence-corrected chi connectivity index (χ4v) is 4.19. The van der Waals surface area contributed by atoms with Crippen molar-refractivity contribution < 1.29 is 0 Å². The zero-order valence-electron chi connectivity index (χ0n) is 11.0. The highest BCUT2D eigenvalue weighted by molar-refractivity contribution is 5.81. The van der Waals surface area contributed by atoms with Crippen molar-refractivity contribution in [2.75, 3.05) is 33.7 Å². The van der Waals surface area contributed by atoms with Crippen LogP contribution < -0.4 is 5.73 Å². The molecule has 1 spiro atoms. The minimum atomic E-state index is 0.309. The van der Waals surface area contributed by atoms with Crippen LogP contribution in [0.4, 0.5) is 0 Å². The van der Waals surface area contributed by atoms with E-state index in [1.54, 1.807) is 0 Å². The summed E-state index contributed by atoms with van der Waals surface area (Å²) in [6.45, 7) is 3.05. The van der Waals surface area contributed by atoms with Crippen molar-refractivity contribution in [2.24, 2.45) is 22.6 Å². The molecule has 3 unspecified atom stereocenters. The number of fused-ring (bicyclic) bond motifs is 3. The third-order valence-electron chi connectivity index (χ3n) is 5.04. The Bertz CT molecular complexity index is 338. The summed E-state index contributed by atoms with van der Waals surface area (Å²) in [7, 11) is 4.24. The number of hydrogen-bond acceptors (Lipinski definition) is 4. The Balaban J connectivity index is 1.76. The average molecular weight is 236 g/mol. The van der Waals surface area contributed by atoms with Gasteiger partial charge in [-0.3, -0.25) is 4.99 Å². The smallest absolute Gasteiger partial charge is 0.191 e. The van der Waals surface area contributed by atoms with Crippen LogP contribution in [0.5, 0.6) is 0 Å². The van der Waals surface area contributed by atoms with Crippen LogP contribution in [0.2, 0.25) is 0 Å². The van der Waals surface area contributed by atoms with Crippen molar-refractivity contribution in [3.63, 3.8) is 0 Å². The Morgan fingerprint density at radius 2 is 2.29 bits per heavy atom. The minimum Gasteiger partial charge on any atom is -0.370 e. The summed E-state index contributed by atoms with van der Waals surface area (Å²) in [5.74, 6) is 2.59. The summed E-state index contributed by atoms with van der Waals surface area (Å²) in [6, 6.07) is 0. The molecule has 3 atom stereocenters. The molecule has 0 amide bonds.